The van der Waals surface area contributed by atoms with Crippen molar-refractivity contribution in [3.05, 3.63) is 24.3 Å². The van der Waals surface area contributed by atoms with Gasteiger partial charge in [0.05, 0.1) is 5.69 Å². The average molecular weight is 207 g/mol. The Morgan fingerprint density at radius 1 is 1.20 bits per heavy atom. The van der Waals surface area contributed by atoms with Crippen molar-refractivity contribution in [1.29, 1.82) is 0 Å². The molecule has 0 saturated heterocycles. The molecule has 0 aromatic carbocycles. The van der Waals surface area contributed by atoms with Gasteiger partial charge in [-0.15, -0.1) is 0 Å². The van der Waals surface area contributed by atoms with E-state index < -0.39 is 0 Å². The molecule has 2 atom stereocenters. The summed E-state index contributed by atoms with van der Waals surface area (Å²) in [5, 5.41) is 3.53. The van der Waals surface area contributed by atoms with E-state index >= 15 is 0 Å². The Kier molecular flexibility index (Phi) is 3.80. The summed E-state index contributed by atoms with van der Waals surface area (Å²) in [7, 11) is 0. The summed E-state index contributed by atoms with van der Waals surface area (Å²) < 4.78 is 0. The minimum atomic E-state index is 0.243. The summed E-state index contributed by atoms with van der Waals surface area (Å²) in [6.45, 7) is 11.0. The van der Waals surface area contributed by atoms with E-state index in [1.807, 2.05) is 6.20 Å². The van der Waals surface area contributed by atoms with Gasteiger partial charge in [0, 0.05) is 30.7 Å². The molecule has 0 fully saturated rings. The van der Waals surface area contributed by atoms with Crippen LogP contribution in [0.15, 0.2) is 18.6 Å². The van der Waals surface area contributed by atoms with Crippen molar-refractivity contribution in [2.45, 2.75) is 46.7 Å². The first-order valence-electron chi connectivity index (χ1n) is 5.43. The van der Waals surface area contributed by atoms with Crippen molar-refractivity contribution in [3.8, 4) is 0 Å². The van der Waals surface area contributed by atoms with Gasteiger partial charge in [-0.05, 0) is 19.3 Å². The van der Waals surface area contributed by atoms with Crippen molar-refractivity contribution < 1.29 is 0 Å². The third-order valence-corrected chi connectivity index (χ3v) is 2.83. The SMILES string of the molecule is CC(NC(C)C(C)(C)C)c1cnccn1. The van der Waals surface area contributed by atoms with Crippen molar-refractivity contribution >= 4 is 0 Å². The summed E-state index contributed by atoms with van der Waals surface area (Å²) in [6, 6.07) is 0.683. The number of aromatic nitrogens is 2. The summed E-state index contributed by atoms with van der Waals surface area (Å²) in [6.07, 6.45) is 5.24. The molecule has 0 saturated carbocycles. The van der Waals surface area contributed by atoms with E-state index in [1.165, 1.54) is 0 Å². The molecule has 2 unspecified atom stereocenters. The zero-order valence-electron chi connectivity index (χ0n) is 10.3. The lowest BCUT2D eigenvalue weighted by molar-refractivity contribution is 0.266. The number of nitrogens with one attached hydrogen (secondary N) is 1. The molecule has 0 aliphatic rings. The second-order valence-corrected chi connectivity index (χ2v) is 5.11. The Morgan fingerprint density at radius 2 is 1.87 bits per heavy atom. The van der Waals surface area contributed by atoms with Crippen LogP contribution in [0.3, 0.4) is 0 Å². The average Bonchev–Trinajstić information content (AvgIpc) is 2.17. The van der Waals surface area contributed by atoms with E-state index in [2.05, 4.69) is 49.9 Å². The van der Waals surface area contributed by atoms with Gasteiger partial charge in [-0.3, -0.25) is 9.97 Å². The molecule has 0 bridgehead atoms. The topological polar surface area (TPSA) is 37.8 Å². The highest BCUT2D eigenvalue weighted by molar-refractivity contribution is 5.01. The van der Waals surface area contributed by atoms with Crippen molar-refractivity contribution in [1.82, 2.24) is 15.3 Å². The molecular formula is C12H21N3. The van der Waals surface area contributed by atoms with Gasteiger partial charge in [0.25, 0.3) is 0 Å². The Morgan fingerprint density at radius 3 is 2.33 bits per heavy atom. The highest BCUT2D eigenvalue weighted by atomic mass is 15.0. The molecule has 0 radical (unpaired) electrons. The normalized spacial score (nSPS) is 16.1. The Hall–Kier alpha value is -0.960. The number of rotatable bonds is 3. The van der Waals surface area contributed by atoms with Gasteiger partial charge in [0.1, 0.15) is 0 Å². The number of hydrogen-bond acceptors (Lipinski definition) is 3. The van der Waals surface area contributed by atoms with Gasteiger partial charge in [-0.1, -0.05) is 20.8 Å². The van der Waals surface area contributed by atoms with E-state index in [1.54, 1.807) is 12.4 Å². The van der Waals surface area contributed by atoms with Crippen LogP contribution in [0.2, 0.25) is 0 Å². The molecule has 1 rings (SSSR count). The fourth-order valence-corrected chi connectivity index (χ4v) is 1.24. The van der Waals surface area contributed by atoms with Crippen LogP contribution in [0.4, 0.5) is 0 Å². The van der Waals surface area contributed by atoms with Crippen LogP contribution in [0.5, 0.6) is 0 Å². The predicted molar refractivity (Wildman–Crippen MR) is 62.5 cm³/mol. The first kappa shape index (κ1) is 12.1. The Balaban J connectivity index is 2.61. The highest BCUT2D eigenvalue weighted by Gasteiger charge is 2.21. The molecule has 1 N–H and O–H groups in total. The zero-order valence-corrected chi connectivity index (χ0v) is 10.3. The fraction of sp³-hybridized carbons (Fsp3) is 0.667. The molecule has 15 heavy (non-hydrogen) atoms. The van der Waals surface area contributed by atoms with Crippen molar-refractivity contribution in [2.75, 3.05) is 0 Å². The molecule has 1 heterocycles. The van der Waals surface area contributed by atoms with Gasteiger partial charge in [-0.25, -0.2) is 0 Å². The fourth-order valence-electron chi connectivity index (χ4n) is 1.24. The third kappa shape index (κ3) is 3.59. The van der Waals surface area contributed by atoms with Crippen LogP contribution >= 0.6 is 0 Å². The minimum Gasteiger partial charge on any atom is -0.306 e. The smallest absolute Gasteiger partial charge is 0.0753 e. The second-order valence-electron chi connectivity index (χ2n) is 5.11. The lowest BCUT2D eigenvalue weighted by atomic mass is 9.87. The molecule has 0 aliphatic heterocycles. The first-order valence-corrected chi connectivity index (χ1v) is 5.43. The molecule has 3 heteroatoms. The molecule has 84 valence electrons. The van der Waals surface area contributed by atoms with E-state index in [-0.39, 0.29) is 11.5 Å². The standard InChI is InChI=1S/C12H21N3/c1-9(11-8-13-6-7-14-11)15-10(2)12(3,4)5/h6-10,15H,1-5H3. The van der Waals surface area contributed by atoms with Crippen LogP contribution in [-0.2, 0) is 0 Å². The van der Waals surface area contributed by atoms with Crippen LogP contribution in [-0.4, -0.2) is 16.0 Å². The second kappa shape index (κ2) is 4.71. The maximum atomic E-state index is 4.29. The van der Waals surface area contributed by atoms with Crippen LogP contribution in [0.25, 0.3) is 0 Å². The maximum Gasteiger partial charge on any atom is 0.0753 e. The van der Waals surface area contributed by atoms with E-state index in [0.29, 0.717) is 6.04 Å². The summed E-state index contributed by atoms with van der Waals surface area (Å²) >= 11 is 0. The number of nitrogens with zero attached hydrogens (tertiary/aromatic N) is 2. The monoisotopic (exact) mass is 207 g/mol. The lowest BCUT2D eigenvalue weighted by Gasteiger charge is -2.30. The molecule has 0 amide bonds. The molecule has 1 aromatic rings. The third-order valence-electron chi connectivity index (χ3n) is 2.83. The maximum absolute atomic E-state index is 4.29. The summed E-state index contributed by atoms with van der Waals surface area (Å²) in [5.74, 6) is 0. The predicted octanol–water partition coefficient (Wildman–Crippen LogP) is 2.56. The van der Waals surface area contributed by atoms with E-state index in [9.17, 15) is 0 Å². The summed E-state index contributed by atoms with van der Waals surface area (Å²) in [4.78, 5) is 8.36. The molecule has 1 aromatic heterocycles. The first-order chi connectivity index (χ1) is 6.91. The van der Waals surface area contributed by atoms with Gasteiger partial charge in [-0.2, -0.15) is 0 Å². The van der Waals surface area contributed by atoms with Gasteiger partial charge in [0.2, 0.25) is 0 Å². The lowest BCUT2D eigenvalue weighted by Crippen LogP contribution is -2.39. The van der Waals surface area contributed by atoms with Crippen LogP contribution in [0.1, 0.15) is 46.4 Å². The van der Waals surface area contributed by atoms with Gasteiger partial charge in [0.15, 0.2) is 0 Å². The van der Waals surface area contributed by atoms with E-state index in [0.717, 1.165) is 5.69 Å². The quantitative estimate of drug-likeness (QED) is 0.827. The van der Waals surface area contributed by atoms with Gasteiger partial charge >= 0.3 is 0 Å². The molecule has 0 aliphatic carbocycles. The molecular weight excluding hydrogens is 186 g/mol. The molecule has 3 nitrogen and oxygen atoms in total. The highest BCUT2D eigenvalue weighted by Crippen LogP contribution is 2.21. The Bertz CT molecular complexity index is 289. The Labute approximate surface area is 92.3 Å². The van der Waals surface area contributed by atoms with Gasteiger partial charge < -0.3 is 5.32 Å². The minimum absolute atomic E-state index is 0.243. The van der Waals surface area contributed by atoms with Crippen molar-refractivity contribution in [2.24, 2.45) is 5.41 Å². The molecule has 0 spiro atoms. The zero-order chi connectivity index (χ0) is 11.5. The van der Waals surface area contributed by atoms with Crippen molar-refractivity contribution in [3.63, 3.8) is 0 Å². The van der Waals surface area contributed by atoms with Crippen LogP contribution < -0.4 is 5.32 Å². The summed E-state index contributed by atoms with van der Waals surface area (Å²) in [5.41, 5.74) is 1.25. The van der Waals surface area contributed by atoms with Crippen LogP contribution in [0, 0.1) is 5.41 Å². The largest absolute Gasteiger partial charge is 0.306 e. The number of hydrogen-bond donors (Lipinski definition) is 1. The van der Waals surface area contributed by atoms with E-state index in [4.69, 9.17) is 0 Å².